The Balaban J connectivity index is 1.75. The molecule has 0 spiro atoms. The first kappa shape index (κ1) is 22.0. The highest BCUT2D eigenvalue weighted by Gasteiger charge is 2.47. The molecular formula is C25H26FNO5. The van der Waals surface area contributed by atoms with E-state index < -0.39 is 23.5 Å². The Morgan fingerprint density at radius 1 is 1.16 bits per heavy atom. The van der Waals surface area contributed by atoms with Gasteiger partial charge in [-0.2, -0.15) is 0 Å². The Labute approximate surface area is 186 Å². The SMILES string of the molecule is CCCOc1ccc([C@@H]2C(=C(O)c3ccc(F)cc3)C(=O)C(=O)N2C[C@H]2CCCO2)cc1. The number of aliphatic hydroxyl groups excluding tert-OH is 1. The molecule has 32 heavy (non-hydrogen) atoms. The first-order chi connectivity index (χ1) is 15.5. The van der Waals surface area contributed by atoms with Gasteiger partial charge in [-0.15, -0.1) is 0 Å². The van der Waals surface area contributed by atoms with E-state index >= 15 is 0 Å². The van der Waals surface area contributed by atoms with Gasteiger partial charge in [-0.25, -0.2) is 4.39 Å². The molecule has 1 amide bonds. The number of benzene rings is 2. The largest absolute Gasteiger partial charge is 0.507 e. The summed E-state index contributed by atoms with van der Waals surface area (Å²) < 4.78 is 24.7. The Kier molecular flexibility index (Phi) is 6.55. The fourth-order valence-electron chi connectivity index (χ4n) is 4.15. The van der Waals surface area contributed by atoms with Crippen molar-refractivity contribution in [1.82, 2.24) is 4.90 Å². The number of Topliss-reactive ketones (excluding diaryl/α,β-unsaturated/α-hetero) is 1. The zero-order valence-electron chi connectivity index (χ0n) is 17.9. The number of carbonyl (C=O) groups is 2. The van der Waals surface area contributed by atoms with Crippen LogP contribution in [0.5, 0.6) is 5.75 Å². The van der Waals surface area contributed by atoms with Gasteiger partial charge in [0.15, 0.2) is 0 Å². The molecule has 2 heterocycles. The molecular weight excluding hydrogens is 413 g/mol. The molecule has 168 valence electrons. The number of ether oxygens (including phenoxy) is 2. The molecule has 7 heteroatoms. The highest BCUT2D eigenvalue weighted by molar-refractivity contribution is 6.46. The van der Waals surface area contributed by atoms with Gasteiger partial charge in [0.1, 0.15) is 17.3 Å². The van der Waals surface area contributed by atoms with Crippen molar-refractivity contribution >= 4 is 17.4 Å². The number of nitrogens with zero attached hydrogens (tertiary/aromatic N) is 1. The minimum Gasteiger partial charge on any atom is -0.507 e. The Hall–Kier alpha value is -3.19. The van der Waals surface area contributed by atoms with Crippen LogP contribution in [0.25, 0.3) is 5.76 Å². The summed E-state index contributed by atoms with van der Waals surface area (Å²) in [7, 11) is 0. The molecule has 0 aliphatic carbocycles. The summed E-state index contributed by atoms with van der Waals surface area (Å²) in [6, 6.07) is 11.6. The van der Waals surface area contributed by atoms with Crippen LogP contribution < -0.4 is 4.74 Å². The molecule has 2 fully saturated rings. The number of halogens is 1. The van der Waals surface area contributed by atoms with Gasteiger partial charge in [0.2, 0.25) is 0 Å². The molecule has 2 atom stereocenters. The maximum Gasteiger partial charge on any atom is 0.295 e. The van der Waals surface area contributed by atoms with E-state index in [1.165, 1.54) is 29.2 Å². The van der Waals surface area contributed by atoms with Crippen LogP contribution >= 0.6 is 0 Å². The number of rotatable bonds is 7. The van der Waals surface area contributed by atoms with E-state index in [0.717, 1.165) is 19.3 Å². The van der Waals surface area contributed by atoms with Crippen molar-refractivity contribution in [3.63, 3.8) is 0 Å². The smallest absolute Gasteiger partial charge is 0.295 e. The van der Waals surface area contributed by atoms with Crippen molar-refractivity contribution in [2.24, 2.45) is 0 Å². The van der Waals surface area contributed by atoms with Gasteiger partial charge < -0.3 is 19.5 Å². The quantitative estimate of drug-likeness (QED) is 0.397. The molecule has 2 aromatic carbocycles. The highest BCUT2D eigenvalue weighted by Crippen LogP contribution is 2.40. The van der Waals surface area contributed by atoms with Crippen molar-refractivity contribution in [3.8, 4) is 5.75 Å². The minimum absolute atomic E-state index is 0.0122. The Morgan fingerprint density at radius 3 is 2.50 bits per heavy atom. The van der Waals surface area contributed by atoms with E-state index in [-0.39, 0.29) is 29.5 Å². The van der Waals surface area contributed by atoms with E-state index in [4.69, 9.17) is 9.47 Å². The number of aliphatic hydroxyl groups is 1. The maximum absolute atomic E-state index is 13.4. The average Bonchev–Trinajstić information content (AvgIpc) is 3.40. The predicted molar refractivity (Wildman–Crippen MR) is 117 cm³/mol. The second-order valence-electron chi connectivity index (χ2n) is 8.01. The molecule has 1 N–H and O–H groups in total. The van der Waals surface area contributed by atoms with Gasteiger partial charge in [0, 0.05) is 18.7 Å². The summed E-state index contributed by atoms with van der Waals surface area (Å²) in [6.45, 7) is 3.48. The second-order valence-corrected chi connectivity index (χ2v) is 8.01. The van der Waals surface area contributed by atoms with Crippen LogP contribution in [0.2, 0.25) is 0 Å². The monoisotopic (exact) mass is 439 g/mol. The van der Waals surface area contributed by atoms with Gasteiger partial charge in [-0.05, 0) is 61.2 Å². The molecule has 2 aliphatic heterocycles. The molecule has 6 nitrogen and oxygen atoms in total. The molecule has 2 aromatic rings. The second kappa shape index (κ2) is 9.53. The Morgan fingerprint density at radius 2 is 1.88 bits per heavy atom. The molecule has 4 rings (SSSR count). The lowest BCUT2D eigenvalue weighted by Crippen LogP contribution is -2.36. The third-order valence-corrected chi connectivity index (χ3v) is 5.75. The van der Waals surface area contributed by atoms with Crippen molar-refractivity contribution in [3.05, 3.63) is 71.0 Å². The number of carbonyl (C=O) groups excluding carboxylic acids is 2. The third-order valence-electron chi connectivity index (χ3n) is 5.75. The van der Waals surface area contributed by atoms with Gasteiger partial charge in [-0.3, -0.25) is 9.59 Å². The van der Waals surface area contributed by atoms with Crippen molar-refractivity contribution < 1.29 is 28.6 Å². The van der Waals surface area contributed by atoms with E-state index in [9.17, 15) is 19.1 Å². The molecule has 0 radical (unpaired) electrons. The van der Waals surface area contributed by atoms with Crippen molar-refractivity contribution in [1.29, 1.82) is 0 Å². The van der Waals surface area contributed by atoms with Gasteiger partial charge in [0.25, 0.3) is 11.7 Å². The van der Waals surface area contributed by atoms with Crippen LogP contribution in [0.1, 0.15) is 43.4 Å². The van der Waals surface area contributed by atoms with E-state index in [2.05, 4.69) is 0 Å². The standard InChI is InChI=1S/C25H26FNO5/c1-2-13-31-19-11-7-16(8-12-19)22-21(23(28)17-5-9-18(26)10-6-17)24(29)25(30)27(22)15-20-4-3-14-32-20/h5-12,20,22,28H,2-4,13-15H2,1H3/t20-,22-/m1/s1. The van der Waals surface area contributed by atoms with Crippen LogP contribution in [0.3, 0.4) is 0 Å². The molecule has 2 saturated heterocycles. The van der Waals surface area contributed by atoms with Crippen molar-refractivity contribution in [2.75, 3.05) is 19.8 Å². The first-order valence-electron chi connectivity index (χ1n) is 10.9. The number of amides is 1. The fraction of sp³-hybridized carbons (Fsp3) is 0.360. The van der Waals surface area contributed by atoms with E-state index in [0.29, 0.717) is 24.5 Å². The first-order valence-corrected chi connectivity index (χ1v) is 10.9. The van der Waals surface area contributed by atoms with Crippen molar-refractivity contribution in [2.45, 2.75) is 38.3 Å². The summed E-state index contributed by atoms with van der Waals surface area (Å²) in [6.07, 6.45) is 2.42. The average molecular weight is 439 g/mol. The molecule has 2 aliphatic rings. The topological polar surface area (TPSA) is 76.1 Å². The van der Waals surface area contributed by atoms with Crippen LogP contribution in [0, 0.1) is 5.82 Å². The summed E-state index contributed by atoms with van der Waals surface area (Å²) in [5, 5.41) is 11.0. The molecule has 0 bridgehead atoms. The minimum atomic E-state index is -0.774. The summed E-state index contributed by atoms with van der Waals surface area (Å²) in [4.78, 5) is 27.5. The summed E-state index contributed by atoms with van der Waals surface area (Å²) >= 11 is 0. The van der Waals surface area contributed by atoms with Crippen LogP contribution in [-0.2, 0) is 14.3 Å². The summed E-state index contributed by atoms with van der Waals surface area (Å²) in [5.74, 6) is -1.54. The number of likely N-dealkylation sites (tertiary alicyclic amines) is 1. The zero-order valence-corrected chi connectivity index (χ0v) is 17.9. The summed E-state index contributed by atoms with van der Waals surface area (Å²) in [5.41, 5.74) is 0.936. The van der Waals surface area contributed by atoms with Crippen LogP contribution in [0.4, 0.5) is 4.39 Å². The lowest BCUT2D eigenvalue weighted by molar-refractivity contribution is -0.140. The highest BCUT2D eigenvalue weighted by atomic mass is 19.1. The lowest BCUT2D eigenvalue weighted by Gasteiger charge is -2.27. The van der Waals surface area contributed by atoms with Gasteiger partial charge >= 0.3 is 0 Å². The van der Waals surface area contributed by atoms with E-state index in [1.54, 1.807) is 24.3 Å². The molecule has 0 unspecified atom stereocenters. The zero-order chi connectivity index (χ0) is 22.7. The lowest BCUT2D eigenvalue weighted by atomic mass is 9.95. The number of hydrogen-bond donors (Lipinski definition) is 1. The predicted octanol–water partition coefficient (Wildman–Crippen LogP) is 4.22. The van der Waals surface area contributed by atoms with E-state index in [1.807, 2.05) is 6.92 Å². The maximum atomic E-state index is 13.4. The third kappa shape index (κ3) is 4.39. The molecule has 0 aromatic heterocycles. The van der Waals surface area contributed by atoms with Gasteiger partial charge in [0.05, 0.1) is 24.3 Å². The molecule has 0 saturated carbocycles. The Bertz CT molecular complexity index is 1010. The normalized spacial score (nSPS) is 22.5. The fourth-order valence-corrected chi connectivity index (χ4v) is 4.15. The van der Waals surface area contributed by atoms with Gasteiger partial charge in [-0.1, -0.05) is 19.1 Å². The number of ketones is 1. The van der Waals surface area contributed by atoms with Crippen LogP contribution in [0.15, 0.2) is 54.1 Å². The number of hydrogen-bond acceptors (Lipinski definition) is 5. The van der Waals surface area contributed by atoms with Crippen LogP contribution in [-0.4, -0.2) is 47.6 Å².